The number of amides is 1. The van der Waals surface area contributed by atoms with E-state index in [1.807, 2.05) is 0 Å². The summed E-state index contributed by atoms with van der Waals surface area (Å²) in [5.74, 6) is -2.49. The quantitative estimate of drug-likeness (QED) is 0.849. The van der Waals surface area contributed by atoms with Crippen LogP contribution in [0.5, 0.6) is 0 Å². The van der Waals surface area contributed by atoms with E-state index in [4.69, 9.17) is 16.7 Å². The maximum Gasteiger partial charge on any atom is 0.337 e. The highest BCUT2D eigenvalue weighted by molar-refractivity contribution is 9.10. The molecule has 0 aliphatic carbocycles. The van der Waals surface area contributed by atoms with Gasteiger partial charge in [0.2, 0.25) is 0 Å². The number of carbonyl (C=O) groups is 2. The number of nitrogens with one attached hydrogen (secondary N) is 1. The largest absolute Gasteiger partial charge is 0.478 e. The molecule has 0 aliphatic rings. The van der Waals surface area contributed by atoms with E-state index in [0.717, 1.165) is 0 Å². The average molecular weight is 373 g/mol. The highest BCUT2D eigenvalue weighted by Crippen LogP contribution is 2.22. The monoisotopic (exact) mass is 371 g/mol. The second-order valence-corrected chi connectivity index (χ2v) is 5.40. The van der Waals surface area contributed by atoms with Crippen LogP contribution in [0.15, 0.2) is 40.9 Å². The van der Waals surface area contributed by atoms with Gasteiger partial charge in [-0.3, -0.25) is 4.79 Å². The van der Waals surface area contributed by atoms with Crippen LogP contribution in [0.1, 0.15) is 20.7 Å². The normalized spacial score (nSPS) is 10.2. The molecule has 0 unspecified atom stereocenters. The lowest BCUT2D eigenvalue weighted by molar-refractivity contribution is 0.0697. The van der Waals surface area contributed by atoms with E-state index in [1.54, 1.807) is 6.07 Å². The van der Waals surface area contributed by atoms with Crippen LogP contribution in [0.2, 0.25) is 5.02 Å². The van der Waals surface area contributed by atoms with Gasteiger partial charge in [0.1, 0.15) is 5.82 Å². The Kier molecular flexibility index (Phi) is 4.59. The van der Waals surface area contributed by atoms with E-state index in [0.29, 0.717) is 4.47 Å². The van der Waals surface area contributed by atoms with Crippen molar-refractivity contribution in [2.45, 2.75) is 0 Å². The van der Waals surface area contributed by atoms with Crippen molar-refractivity contribution < 1.29 is 19.1 Å². The van der Waals surface area contributed by atoms with E-state index in [2.05, 4.69) is 21.2 Å². The molecule has 0 bridgehead atoms. The number of benzene rings is 2. The van der Waals surface area contributed by atoms with Crippen molar-refractivity contribution in [3.05, 3.63) is 62.8 Å². The van der Waals surface area contributed by atoms with Crippen molar-refractivity contribution in [1.29, 1.82) is 0 Å². The lowest BCUT2D eigenvalue weighted by Gasteiger charge is -2.08. The number of rotatable bonds is 3. The molecule has 0 saturated carbocycles. The fourth-order valence-corrected chi connectivity index (χ4v) is 2.23. The summed E-state index contributed by atoms with van der Waals surface area (Å²) in [6.45, 7) is 0. The van der Waals surface area contributed by atoms with Crippen molar-refractivity contribution >= 4 is 45.1 Å². The number of carboxylic acids is 1. The van der Waals surface area contributed by atoms with Crippen molar-refractivity contribution in [2.75, 3.05) is 5.32 Å². The highest BCUT2D eigenvalue weighted by Gasteiger charge is 2.14. The van der Waals surface area contributed by atoms with Crippen molar-refractivity contribution in [3.8, 4) is 0 Å². The topological polar surface area (TPSA) is 66.4 Å². The standard InChI is InChI=1S/C14H8BrClFNO3/c15-7-1-3-10(12(17)5-7)13(19)18-8-2-4-9(14(20)21)11(16)6-8/h1-6H,(H,18,19)(H,20,21). The van der Waals surface area contributed by atoms with Gasteiger partial charge < -0.3 is 10.4 Å². The minimum atomic E-state index is -1.17. The van der Waals surface area contributed by atoms with Crippen LogP contribution in [0.25, 0.3) is 0 Å². The molecule has 2 N–H and O–H groups in total. The van der Waals surface area contributed by atoms with E-state index in [9.17, 15) is 14.0 Å². The SMILES string of the molecule is O=C(Nc1ccc(C(=O)O)c(Cl)c1)c1ccc(Br)cc1F. The molecule has 0 atom stereocenters. The molecule has 0 aromatic heterocycles. The third kappa shape index (κ3) is 3.59. The third-order valence-electron chi connectivity index (χ3n) is 2.63. The van der Waals surface area contributed by atoms with Gasteiger partial charge in [-0.05, 0) is 36.4 Å². The number of hydrogen-bond acceptors (Lipinski definition) is 2. The summed E-state index contributed by atoms with van der Waals surface area (Å²) >= 11 is 8.89. The molecular formula is C14H8BrClFNO3. The molecule has 2 aromatic carbocycles. The van der Waals surface area contributed by atoms with Gasteiger partial charge >= 0.3 is 5.97 Å². The minimum Gasteiger partial charge on any atom is -0.478 e. The summed E-state index contributed by atoms with van der Waals surface area (Å²) in [7, 11) is 0. The van der Waals surface area contributed by atoms with Crippen LogP contribution in [-0.4, -0.2) is 17.0 Å². The molecule has 21 heavy (non-hydrogen) atoms. The van der Waals surface area contributed by atoms with Crippen molar-refractivity contribution in [3.63, 3.8) is 0 Å². The van der Waals surface area contributed by atoms with Crippen LogP contribution >= 0.6 is 27.5 Å². The fourth-order valence-electron chi connectivity index (χ4n) is 1.64. The molecule has 2 aromatic rings. The number of anilines is 1. The number of halogens is 3. The maximum absolute atomic E-state index is 13.7. The van der Waals surface area contributed by atoms with Crippen LogP contribution in [0.4, 0.5) is 10.1 Å². The molecule has 108 valence electrons. The predicted molar refractivity (Wildman–Crippen MR) is 80.5 cm³/mol. The highest BCUT2D eigenvalue weighted by atomic mass is 79.9. The first-order chi connectivity index (χ1) is 9.88. The molecule has 0 fully saturated rings. The molecule has 0 saturated heterocycles. The van der Waals surface area contributed by atoms with E-state index in [1.165, 1.54) is 30.3 Å². The van der Waals surface area contributed by atoms with Crippen molar-refractivity contribution in [2.24, 2.45) is 0 Å². The summed E-state index contributed by atoms with van der Waals surface area (Å²) in [4.78, 5) is 22.8. The molecule has 0 heterocycles. The fraction of sp³-hybridized carbons (Fsp3) is 0. The van der Waals surface area contributed by atoms with Crippen LogP contribution in [0, 0.1) is 5.82 Å². The lowest BCUT2D eigenvalue weighted by Crippen LogP contribution is -2.14. The Bertz CT molecular complexity index is 736. The zero-order chi connectivity index (χ0) is 15.6. The Morgan fingerprint density at radius 1 is 1.14 bits per heavy atom. The predicted octanol–water partition coefficient (Wildman–Crippen LogP) is 4.19. The van der Waals surface area contributed by atoms with Gasteiger partial charge in [0.25, 0.3) is 5.91 Å². The van der Waals surface area contributed by atoms with Gasteiger partial charge in [-0.2, -0.15) is 0 Å². The third-order valence-corrected chi connectivity index (χ3v) is 3.44. The number of carboxylic acid groups (broad SMARTS) is 1. The van der Waals surface area contributed by atoms with Gasteiger partial charge in [0.05, 0.1) is 16.1 Å². The molecular weight excluding hydrogens is 365 g/mol. The van der Waals surface area contributed by atoms with E-state index in [-0.39, 0.29) is 21.8 Å². The molecule has 0 radical (unpaired) electrons. The van der Waals surface area contributed by atoms with Gasteiger partial charge in [-0.1, -0.05) is 27.5 Å². The van der Waals surface area contributed by atoms with E-state index >= 15 is 0 Å². The summed E-state index contributed by atoms with van der Waals surface area (Å²) in [6.07, 6.45) is 0. The summed E-state index contributed by atoms with van der Waals surface area (Å²) in [5, 5.41) is 11.3. The molecule has 0 spiro atoms. The lowest BCUT2D eigenvalue weighted by atomic mass is 10.1. The summed E-state index contributed by atoms with van der Waals surface area (Å²) in [5.41, 5.74) is 0.0680. The Hall–Kier alpha value is -1.92. The number of carbonyl (C=O) groups excluding carboxylic acids is 1. The van der Waals surface area contributed by atoms with Crippen LogP contribution in [0.3, 0.4) is 0 Å². The van der Waals surface area contributed by atoms with Gasteiger partial charge in [0.15, 0.2) is 0 Å². The maximum atomic E-state index is 13.7. The number of aromatic carboxylic acids is 1. The first kappa shape index (κ1) is 15.5. The minimum absolute atomic E-state index is 0.0171. The second-order valence-electron chi connectivity index (χ2n) is 4.08. The smallest absolute Gasteiger partial charge is 0.337 e. The first-order valence-corrected chi connectivity index (χ1v) is 6.85. The Balaban J connectivity index is 2.23. The zero-order valence-corrected chi connectivity index (χ0v) is 12.7. The van der Waals surface area contributed by atoms with Crippen molar-refractivity contribution in [1.82, 2.24) is 0 Å². The Morgan fingerprint density at radius 3 is 2.38 bits per heavy atom. The van der Waals surface area contributed by atoms with Crippen LogP contribution < -0.4 is 5.32 Å². The molecule has 0 aliphatic heterocycles. The van der Waals surface area contributed by atoms with Gasteiger partial charge in [-0.15, -0.1) is 0 Å². The molecule has 2 rings (SSSR count). The van der Waals surface area contributed by atoms with Gasteiger partial charge in [0, 0.05) is 10.2 Å². The zero-order valence-electron chi connectivity index (χ0n) is 10.4. The Morgan fingerprint density at radius 2 is 1.81 bits per heavy atom. The average Bonchev–Trinajstić information content (AvgIpc) is 2.37. The summed E-state index contributed by atoms with van der Waals surface area (Å²) < 4.78 is 14.2. The molecule has 7 heteroatoms. The van der Waals surface area contributed by atoms with E-state index < -0.39 is 17.7 Å². The summed E-state index contributed by atoms with van der Waals surface area (Å²) in [6, 6.07) is 7.98. The first-order valence-electron chi connectivity index (χ1n) is 5.67. The Labute approximate surface area is 132 Å². The molecule has 4 nitrogen and oxygen atoms in total. The molecule has 1 amide bonds. The van der Waals surface area contributed by atoms with Gasteiger partial charge in [-0.25, -0.2) is 9.18 Å². The van der Waals surface area contributed by atoms with Crippen LogP contribution in [-0.2, 0) is 0 Å². The second kappa shape index (κ2) is 6.24. The number of hydrogen-bond donors (Lipinski definition) is 2.